The van der Waals surface area contributed by atoms with E-state index in [0.717, 1.165) is 37.3 Å². The van der Waals surface area contributed by atoms with Crippen LogP contribution in [0.2, 0.25) is 0 Å². The van der Waals surface area contributed by atoms with Crippen LogP contribution in [-0.2, 0) is 13.1 Å². The van der Waals surface area contributed by atoms with Crippen molar-refractivity contribution in [3.8, 4) is 0 Å². The number of para-hydroxylation sites is 1. The van der Waals surface area contributed by atoms with Crippen LogP contribution in [0, 0.1) is 0 Å². The summed E-state index contributed by atoms with van der Waals surface area (Å²) in [4.78, 5) is 11.1. The summed E-state index contributed by atoms with van der Waals surface area (Å²) in [5.41, 5.74) is 2.20. The van der Waals surface area contributed by atoms with Crippen molar-refractivity contribution in [3.63, 3.8) is 0 Å². The van der Waals surface area contributed by atoms with Crippen LogP contribution in [0.4, 0.5) is 0 Å². The summed E-state index contributed by atoms with van der Waals surface area (Å²) in [5.74, 6) is 0. The molecule has 3 rings (SSSR count). The third-order valence-corrected chi connectivity index (χ3v) is 3.60. The van der Waals surface area contributed by atoms with Gasteiger partial charge in [-0.1, -0.05) is 24.3 Å². The predicted molar refractivity (Wildman–Crippen MR) is 84.9 cm³/mol. The van der Waals surface area contributed by atoms with Gasteiger partial charge in [-0.2, -0.15) is 0 Å². The Balaban J connectivity index is 1.54. The van der Waals surface area contributed by atoms with E-state index in [0.29, 0.717) is 0 Å². The quantitative estimate of drug-likeness (QED) is 0.696. The zero-order valence-electron chi connectivity index (χ0n) is 12.3. The van der Waals surface area contributed by atoms with Gasteiger partial charge >= 0.3 is 0 Å². The monoisotopic (exact) mass is 280 g/mol. The molecule has 4 heteroatoms. The number of fused-ring (bicyclic) bond motifs is 1. The van der Waals surface area contributed by atoms with Crippen LogP contribution in [-0.4, -0.2) is 33.0 Å². The Morgan fingerprint density at radius 1 is 1.14 bits per heavy atom. The molecule has 0 aliphatic carbocycles. The number of nitrogens with zero attached hydrogens (tertiary/aromatic N) is 4. The summed E-state index contributed by atoms with van der Waals surface area (Å²) in [7, 11) is 2.14. The molecule has 21 heavy (non-hydrogen) atoms. The first-order chi connectivity index (χ1) is 10.3. The van der Waals surface area contributed by atoms with Crippen LogP contribution in [0.25, 0.3) is 10.9 Å². The second kappa shape index (κ2) is 6.50. The molecule has 0 aliphatic heterocycles. The van der Waals surface area contributed by atoms with Gasteiger partial charge in [-0.25, -0.2) is 4.98 Å². The molecular formula is C17H20N4. The molecule has 4 nitrogen and oxygen atoms in total. The van der Waals surface area contributed by atoms with E-state index >= 15 is 0 Å². The topological polar surface area (TPSA) is 34.0 Å². The number of hydrogen-bond donors (Lipinski definition) is 0. The molecule has 0 radical (unpaired) electrons. The van der Waals surface area contributed by atoms with Crippen LogP contribution in [0.5, 0.6) is 0 Å². The number of imidazole rings is 1. The number of pyridine rings is 1. The smallest absolute Gasteiger partial charge is 0.0945 e. The van der Waals surface area contributed by atoms with Crippen molar-refractivity contribution in [1.29, 1.82) is 0 Å². The highest BCUT2D eigenvalue weighted by Crippen LogP contribution is 2.12. The average Bonchev–Trinajstić information content (AvgIpc) is 3.00. The summed E-state index contributed by atoms with van der Waals surface area (Å²) in [5, 5.41) is 1.20. The van der Waals surface area contributed by atoms with Gasteiger partial charge in [0.15, 0.2) is 0 Å². The molecule has 1 aromatic carbocycles. The molecule has 0 aliphatic rings. The van der Waals surface area contributed by atoms with Crippen LogP contribution in [0.1, 0.15) is 12.1 Å². The molecule has 0 amide bonds. The summed E-state index contributed by atoms with van der Waals surface area (Å²) in [6.07, 6.45) is 6.80. The molecule has 0 spiro atoms. The van der Waals surface area contributed by atoms with Gasteiger partial charge in [0.2, 0.25) is 0 Å². The van der Waals surface area contributed by atoms with Crippen molar-refractivity contribution in [2.75, 3.05) is 13.6 Å². The fourth-order valence-electron chi connectivity index (χ4n) is 2.49. The van der Waals surface area contributed by atoms with Crippen molar-refractivity contribution < 1.29 is 0 Å². The van der Waals surface area contributed by atoms with E-state index < -0.39 is 0 Å². The molecule has 2 heterocycles. The van der Waals surface area contributed by atoms with Gasteiger partial charge in [0.25, 0.3) is 0 Å². The minimum absolute atomic E-state index is 0.884. The molecule has 108 valence electrons. The van der Waals surface area contributed by atoms with E-state index in [9.17, 15) is 0 Å². The van der Waals surface area contributed by atoms with Crippen molar-refractivity contribution in [2.24, 2.45) is 0 Å². The fraction of sp³-hybridized carbons (Fsp3) is 0.294. The fourth-order valence-corrected chi connectivity index (χ4v) is 2.49. The second-order valence-corrected chi connectivity index (χ2v) is 5.39. The van der Waals surface area contributed by atoms with E-state index in [1.54, 1.807) is 0 Å². The molecule has 0 atom stereocenters. The van der Waals surface area contributed by atoms with E-state index in [4.69, 9.17) is 4.98 Å². The molecule has 3 aromatic rings. The normalized spacial score (nSPS) is 11.3. The third kappa shape index (κ3) is 3.67. The molecule has 0 saturated carbocycles. The van der Waals surface area contributed by atoms with Gasteiger partial charge in [0.05, 0.1) is 17.5 Å². The Morgan fingerprint density at radius 3 is 2.90 bits per heavy atom. The maximum atomic E-state index is 4.72. The first-order valence-corrected chi connectivity index (χ1v) is 7.30. The van der Waals surface area contributed by atoms with Crippen LogP contribution in [0.3, 0.4) is 0 Å². The van der Waals surface area contributed by atoms with E-state index in [2.05, 4.69) is 45.8 Å². The second-order valence-electron chi connectivity index (χ2n) is 5.39. The molecule has 0 unspecified atom stereocenters. The van der Waals surface area contributed by atoms with Gasteiger partial charge < -0.3 is 9.47 Å². The van der Waals surface area contributed by atoms with Crippen LogP contribution >= 0.6 is 0 Å². The third-order valence-electron chi connectivity index (χ3n) is 3.60. The highest BCUT2D eigenvalue weighted by atomic mass is 15.1. The van der Waals surface area contributed by atoms with Crippen LogP contribution in [0.15, 0.2) is 55.1 Å². The zero-order chi connectivity index (χ0) is 14.5. The summed E-state index contributed by atoms with van der Waals surface area (Å²) >= 11 is 0. The molecule has 2 aromatic heterocycles. The molecule has 0 N–H and O–H groups in total. The number of aryl methyl sites for hydroxylation is 1. The first-order valence-electron chi connectivity index (χ1n) is 7.30. The number of rotatable bonds is 6. The maximum absolute atomic E-state index is 4.72. The molecular weight excluding hydrogens is 260 g/mol. The van der Waals surface area contributed by atoms with Crippen molar-refractivity contribution in [3.05, 3.63) is 60.8 Å². The summed E-state index contributed by atoms with van der Waals surface area (Å²) in [6.45, 7) is 2.94. The lowest BCUT2D eigenvalue weighted by Crippen LogP contribution is -2.20. The van der Waals surface area contributed by atoms with Gasteiger partial charge in [-0.3, -0.25) is 4.98 Å². The van der Waals surface area contributed by atoms with Gasteiger partial charge in [0, 0.05) is 30.9 Å². The first kappa shape index (κ1) is 13.8. The minimum Gasteiger partial charge on any atom is -0.337 e. The lowest BCUT2D eigenvalue weighted by molar-refractivity contribution is 0.311. The maximum Gasteiger partial charge on any atom is 0.0945 e. The Hall–Kier alpha value is -2.20. The van der Waals surface area contributed by atoms with Crippen molar-refractivity contribution in [2.45, 2.75) is 19.5 Å². The summed E-state index contributed by atoms with van der Waals surface area (Å²) < 4.78 is 2.11. The number of aromatic nitrogens is 3. The summed E-state index contributed by atoms with van der Waals surface area (Å²) in [6, 6.07) is 12.5. The highest BCUT2D eigenvalue weighted by molar-refractivity contribution is 5.78. The molecule has 0 saturated heterocycles. The van der Waals surface area contributed by atoms with Gasteiger partial charge in [-0.15, -0.1) is 0 Å². The Morgan fingerprint density at radius 2 is 2.05 bits per heavy atom. The molecule has 0 fully saturated rings. The van der Waals surface area contributed by atoms with E-state index in [1.165, 1.54) is 5.39 Å². The number of benzene rings is 1. The Bertz CT molecular complexity index is 691. The lowest BCUT2D eigenvalue weighted by Gasteiger charge is -2.16. The zero-order valence-corrected chi connectivity index (χ0v) is 12.3. The largest absolute Gasteiger partial charge is 0.337 e. The van der Waals surface area contributed by atoms with Crippen molar-refractivity contribution in [1.82, 2.24) is 19.4 Å². The Kier molecular flexibility index (Phi) is 4.26. The average molecular weight is 280 g/mol. The van der Waals surface area contributed by atoms with Gasteiger partial charge in [-0.05, 0) is 32.1 Å². The predicted octanol–water partition coefficient (Wildman–Crippen LogP) is 2.95. The van der Waals surface area contributed by atoms with Crippen LogP contribution < -0.4 is 0 Å². The van der Waals surface area contributed by atoms with Crippen molar-refractivity contribution >= 4 is 10.9 Å². The number of hydrogen-bond acceptors (Lipinski definition) is 3. The van der Waals surface area contributed by atoms with Gasteiger partial charge in [0.1, 0.15) is 0 Å². The minimum atomic E-state index is 0.884. The Labute approximate surface area is 125 Å². The SMILES string of the molecule is CN(CCCn1ccnc1)Cc1ccc2ccccc2n1. The molecule has 0 bridgehead atoms. The van der Waals surface area contributed by atoms with E-state index in [1.807, 2.05) is 30.9 Å². The lowest BCUT2D eigenvalue weighted by atomic mass is 10.2. The standard InChI is InChI=1S/C17H20N4/c1-20(10-4-11-21-12-9-18-14-21)13-16-8-7-15-5-2-3-6-17(15)19-16/h2-3,5-9,12,14H,4,10-11,13H2,1H3. The van der Waals surface area contributed by atoms with E-state index in [-0.39, 0.29) is 0 Å². The highest BCUT2D eigenvalue weighted by Gasteiger charge is 2.03.